The van der Waals surface area contributed by atoms with Gasteiger partial charge >= 0.3 is 0 Å². The number of hydrogen-bond donors (Lipinski definition) is 1. The molecular formula is C22H21N5O2. The molecule has 0 spiro atoms. The Balaban J connectivity index is 1.68. The van der Waals surface area contributed by atoms with Crippen LogP contribution >= 0.6 is 0 Å². The van der Waals surface area contributed by atoms with E-state index in [2.05, 4.69) is 15.5 Å². The molecule has 0 atom stereocenters. The van der Waals surface area contributed by atoms with Gasteiger partial charge in [0.25, 0.3) is 5.91 Å². The third-order valence-corrected chi connectivity index (χ3v) is 4.55. The maximum Gasteiger partial charge on any atom is 0.281 e. The lowest BCUT2D eigenvalue weighted by Crippen LogP contribution is -2.17. The Morgan fingerprint density at radius 2 is 1.72 bits per heavy atom. The zero-order chi connectivity index (χ0) is 20.4. The van der Waals surface area contributed by atoms with E-state index in [4.69, 9.17) is 4.74 Å². The number of aryl methyl sites for hydroxylation is 2. The van der Waals surface area contributed by atoms with E-state index in [9.17, 15) is 4.79 Å². The van der Waals surface area contributed by atoms with Crippen molar-refractivity contribution in [3.8, 4) is 17.1 Å². The number of ether oxygens (including phenoxy) is 1. The van der Waals surface area contributed by atoms with Crippen LogP contribution in [-0.4, -0.2) is 32.6 Å². The SMILES string of the molecule is COc1cn(-c2ccccc2)nc1C(=O)Nc1cc(C)nn1-c1ccccc1C. The standard InChI is InChI=1S/C22H21N5O2/c1-15-9-7-8-12-18(15)27-20(13-16(2)24-27)23-22(28)21-19(29-3)14-26(25-21)17-10-5-4-6-11-17/h4-14H,1-3H3,(H,23,28). The number of carbonyl (C=O) groups excluding carboxylic acids is 1. The Morgan fingerprint density at radius 3 is 2.45 bits per heavy atom. The molecule has 146 valence electrons. The van der Waals surface area contributed by atoms with Crippen molar-refractivity contribution in [3.63, 3.8) is 0 Å². The summed E-state index contributed by atoms with van der Waals surface area (Å²) < 4.78 is 8.73. The topological polar surface area (TPSA) is 74.0 Å². The van der Waals surface area contributed by atoms with Gasteiger partial charge in [0, 0.05) is 6.07 Å². The number of carbonyl (C=O) groups is 1. The smallest absolute Gasteiger partial charge is 0.281 e. The average molecular weight is 387 g/mol. The second kappa shape index (κ2) is 7.63. The molecule has 1 N–H and O–H groups in total. The molecule has 29 heavy (non-hydrogen) atoms. The number of rotatable bonds is 5. The van der Waals surface area contributed by atoms with Gasteiger partial charge in [-0.05, 0) is 37.6 Å². The summed E-state index contributed by atoms with van der Waals surface area (Å²) in [6, 6.07) is 19.3. The molecule has 0 unspecified atom stereocenters. The van der Waals surface area contributed by atoms with Crippen LogP contribution in [0.2, 0.25) is 0 Å². The van der Waals surface area contributed by atoms with E-state index >= 15 is 0 Å². The van der Waals surface area contributed by atoms with E-state index in [-0.39, 0.29) is 11.6 Å². The molecule has 2 aromatic carbocycles. The van der Waals surface area contributed by atoms with Crippen LogP contribution in [0.4, 0.5) is 5.82 Å². The van der Waals surface area contributed by atoms with Crippen molar-refractivity contribution in [3.05, 3.63) is 83.8 Å². The van der Waals surface area contributed by atoms with Crippen LogP contribution < -0.4 is 10.1 Å². The number of amides is 1. The Hall–Kier alpha value is -3.87. The monoisotopic (exact) mass is 387 g/mol. The summed E-state index contributed by atoms with van der Waals surface area (Å²) >= 11 is 0. The van der Waals surface area contributed by atoms with Crippen molar-refractivity contribution < 1.29 is 9.53 Å². The fraction of sp³-hybridized carbons (Fsp3) is 0.136. The van der Waals surface area contributed by atoms with E-state index in [1.54, 1.807) is 15.6 Å². The molecule has 0 aliphatic carbocycles. The number of nitrogens with one attached hydrogen (secondary N) is 1. The number of benzene rings is 2. The van der Waals surface area contributed by atoms with Gasteiger partial charge in [-0.2, -0.15) is 10.2 Å². The first kappa shape index (κ1) is 18.5. The molecule has 0 fully saturated rings. The van der Waals surface area contributed by atoms with Crippen LogP contribution in [0.1, 0.15) is 21.7 Å². The van der Waals surface area contributed by atoms with Crippen LogP contribution in [0.25, 0.3) is 11.4 Å². The third kappa shape index (κ3) is 3.62. The third-order valence-electron chi connectivity index (χ3n) is 4.55. The van der Waals surface area contributed by atoms with E-state index < -0.39 is 0 Å². The maximum absolute atomic E-state index is 13.0. The number of anilines is 1. The van der Waals surface area contributed by atoms with Crippen LogP contribution in [0.15, 0.2) is 66.9 Å². The van der Waals surface area contributed by atoms with Gasteiger partial charge in [0.1, 0.15) is 5.82 Å². The zero-order valence-electron chi connectivity index (χ0n) is 16.5. The molecule has 0 saturated carbocycles. The van der Waals surface area contributed by atoms with Gasteiger partial charge in [0.2, 0.25) is 0 Å². The van der Waals surface area contributed by atoms with Crippen LogP contribution in [0.5, 0.6) is 5.75 Å². The van der Waals surface area contributed by atoms with Crippen LogP contribution in [0.3, 0.4) is 0 Å². The van der Waals surface area contributed by atoms with E-state index in [1.807, 2.05) is 74.5 Å². The molecule has 0 aliphatic heterocycles. The molecule has 0 saturated heterocycles. The number of aromatic nitrogens is 4. The second-order valence-corrected chi connectivity index (χ2v) is 6.65. The molecule has 4 aromatic rings. The molecule has 2 aromatic heterocycles. The number of hydrogen-bond acceptors (Lipinski definition) is 4. The minimum absolute atomic E-state index is 0.200. The lowest BCUT2D eigenvalue weighted by atomic mass is 10.2. The van der Waals surface area contributed by atoms with Crippen molar-refractivity contribution in [2.75, 3.05) is 12.4 Å². The summed E-state index contributed by atoms with van der Waals surface area (Å²) in [7, 11) is 1.52. The first-order valence-corrected chi connectivity index (χ1v) is 9.20. The van der Waals surface area contributed by atoms with Gasteiger partial charge in [-0.25, -0.2) is 9.36 Å². The largest absolute Gasteiger partial charge is 0.493 e. The van der Waals surface area contributed by atoms with Gasteiger partial charge in [-0.3, -0.25) is 4.79 Å². The number of nitrogens with zero attached hydrogens (tertiary/aromatic N) is 4. The highest BCUT2D eigenvalue weighted by molar-refractivity contribution is 6.04. The average Bonchev–Trinajstić information content (AvgIpc) is 3.32. The van der Waals surface area contributed by atoms with Gasteiger partial charge in [0.05, 0.1) is 30.4 Å². The fourth-order valence-electron chi connectivity index (χ4n) is 3.13. The van der Waals surface area contributed by atoms with Crippen LogP contribution in [0, 0.1) is 13.8 Å². The van der Waals surface area contributed by atoms with Crippen molar-refractivity contribution in [1.82, 2.24) is 19.6 Å². The molecule has 7 heteroatoms. The van der Waals surface area contributed by atoms with Crippen LogP contribution in [-0.2, 0) is 0 Å². The minimum atomic E-state index is -0.369. The molecule has 0 radical (unpaired) electrons. The van der Waals surface area contributed by atoms with Gasteiger partial charge in [-0.15, -0.1) is 0 Å². The quantitative estimate of drug-likeness (QED) is 0.563. The second-order valence-electron chi connectivity index (χ2n) is 6.65. The summed E-state index contributed by atoms with van der Waals surface area (Å²) in [5, 5.41) is 11.9. The summed E-state index contributed by atoms with van der Waals surface area (Å²) in [5.74, 6) is 0.592. The Labute approximate surface area is 168 Å². The van der Waals surface area contributed by atoms with E-state index in [0.717, 1.165) is 22.6 Å². The molecule has 7 nitrogen and oxygen atoms in total. The Bertz CT molecular complexity index is 1160. The van der Waals surface area contributed by atoms with Crippen molar-refractivity contribution in [2.24, 2.45) is 0 Å². The summed E-state index contributed by atoms with van der Waals surface area (Å²) in [6.07, 6.45) is 1.69. The van der Waals surface area contributed by atoms with Crippen molar-refractivity contribution >= 4 is 11.7 Å². The van der Waals surface area contributed by atoms with Crippen molar-refractivity contribution in [1.29, 1.82) is 0 Å². The summed E-state index contributed by atoms with van der Waals surface area (Å²) in [5.41, 5.74) is 3.79. The minimum Gasteiger partial charge on any atom is -0.493 e. The number of para-hydroxylation sites is 2. The predicted molar refractivity (Wildman–Crippen MR) is 111 cm³/mol. The molecule has 0 bridgehead atoms. The van der Waals surface area contributed by atoms with Gasteiger partial charge in [-0.1, -0.05) is 36.4 Å². The highest BCUT2D eigenvalue weighted by Gasteiger charge is 2.21. The van der Waals surface area contributed by atoms with Gasteiger partial charge in [0.15, 0.2) is 11.4 Å². The maximum atomic E-state index is 13.0. The highest BCUT2D eigenvalue weighted by Crippen LogP contribution is 2.23. The molecule has 4 rings (SSSR count). The molecule has 2 heterocycles. The first-order valence-electron chi connectivity index (χ1n) is 9.20. The normalized spacial score (nSPS) is 10.7. The molecule has 1 amide bonds. The zero-order valence-corrected chi connectivity index (χ0v) is 16.5. The lowest BCUT2D eigenvalue weighted by molar-refractivity contribution is 0.101. The van der Waals surface area contributed by atoms with Gasteiger partial charge < -0.3 is 10.1 Å². The molecule has 0 aliphatic rings. The summed E-state index contributed by atoms with van der Waals surface area (Å²) in [4.78, 5) is 13.0. The number of methoxy groups -OCH3 is 1. The molecular weight excluding hydrogens is 366 g/mol. The first-order chi connectivity index (χ1) is 14.1. The predicted octanol–water partition coefficient (Wildman–Crippen LogP) is 3.94. The Morgan fingerprint density at radius 1 is 1.00 bits per heavy atom. The Kier molecular flexibility index (Phi) is 4.87. The summed E-state index contributed by atoms with van der Waals surface area (Å²) in [6.45, 7) is 3.89. The van der Waals surface area contributed by atoms with E-state index in [1.165, 1.54) is 7.11 Å². The van der Waals surface area contributed by atoms with E-state index in [0.29, 0.717) is 11.6 Å². The highest BCUT2D eigenvalue weighted by atomic mass is 16.5. The van der Waals surface area contributed by atoms with Crippen molar-refractivity contribution in [2.45, 2.75) is 13.8 Å². The lowest BCUT2D eigenvalue weighted by Gasteiger charge is -2.10. The fourth-order valence-corrected chi connectivity index (χ4v) is 3.13.